The lowest BCUT2D eigenvalue weighted by Gasteiger charge is -2.25. The Hall–Kier alpha value is -4.57. The second kappa shape index (κ2) is 64.4. The number of hydrogen-bond acceptors (Lipinski definition) is 7. The predicted octanol–water partition coefficient (Wildman–Crippen LogP) is 21.0. The van der Waals surface area contributed by atoms with E-state index in [0.29, 0.717) is 23.9 Å². The van der Waals surface area contributed by atoms with Gasteiger partial charge in [-0.2, -0.15) is 0 Å². The molecule has 0 spiro atoms. The summed E-state index contributed by atoms with van der Waals surface area (Å²) in [6.45, 7) is 4.75. The molecule has 0 aliphatic carbocycles. The average molecular weight is 1170 g/mol. The van der Waals surface area contributed by atoms with Gasteiger partial charge < -0.3 is 28.5 Å². The van der Waals surface area contributed by atoms with Crippen molar-refractivity contribution in [3.05, 3.63) is 134 Å². The Kier molecular flexibility index (Phi) is 60.9. The van der Waals surface area contributed by atoms with Crippen LogP contribution in [0.15, 0.2) is 134 Å². The molecule has 0 aromatic heterocycles. The number of rotatable bonds is 61. The van der Waals surface area contributed by atoms with Gasteiger partial charge in [0.25, 0.3) is 6.29 Å². The molecule has 0 radical (unpaired) electrons. The fourth-order valence-corrected chi connectivity index (χ4v) is 8.98. The van der Waals surface area contributed by atoms with Crippen molar-refractivity contribution in [1.82, 2.24) is 0 Å². The quantitative estimate of drug-likeness (QED) is 0.0211. The zero-order chi connectivity index (χ0) is 61.2. The second-order valence-corrected chi connectivity index (χ2v) is 23.4. The van der Waals surface area contributed by atoms with Crippen LogP contribution in [0.4, 0.5) is 0 Å². The highest BCUT2D eigenvalue weighted by Crippen LogP contribution is 2.16. The molecule has 84 heavy (non-hydrogen) atoms. The zero-order valence-corrected chi connectivity index (χ0v) is 54.5. The number of carboxylic acids is 1. The maximum absolute atomic E-state index is 12.9. The first-order valence-electron chi connectivity index (χ1n) is 33.8. The van der Waals surface area contributed by atoms with Crippen molar-refractivity contribution in [3.63, 3.8) is 0 Å². The first-order valence-corrected chi connectivity index (χ1v) is 33.8. The fourth-order valence-electron chi connectivity index (χ4n) is 8.98. The lowest BCUT2D eigenvalue weighted by molar-refractivity contribution is -0.870. The van der Waals surface area contributed by atoms with Gasteiger partial charge in [0.2, 0.25) is 0 Å². The predicted molar refractivity (Wildman–Crippen MR) is 359 cm³/mol. The minimum Gasteiger partial charge on any atom is -0.477 e. The van der Waals surface area contributed by atoms with Gasteiger partial charge in [0.05, 0.1) is 34.4 Å². The Morgan fingerprint density at radius 3 is 1.02 bits per heavy atom. The molecule has 9 heteroatoms. The molecule has 9 nitrogen and oxygen atoms in total. The molecule has 0 fully saturated rings. The first-order chi connectivity index (χ1) is 41.1. The number of carbonyl (C=O) groups is 3. The molecule has 0 aromatic carbocycles. The van der Waals surface area contributed by atoms with E-state index in [9.17, 15) is 19.5 Å². The van der Waals surface area contributed by atoms with Gasteiger partial charge >= 0.3 is 17.9 Å². The highest BCUT2D eigenvalue weighted by Gasteiger charge is 2.25. The zero-order valence-electron chi connectivity index (χ0n) is 54.5. The van der Waals surface area contributed by atoms with Crippen molar-refractivity contribution < 1.29 is 42.9 Å². The van der Waals surface area contributed by atoms with Crippen molar-refractivity contribution in [1.29, 1.82) is 0 Å². The standard InChI is InChI=1S/C75H125NO8/c1-6-8-10-12-14-16-18-20-22-24-26-27-28-29-30-31-32-33-34-35-36-37-38-39-40-41-42-43-44-45-46-47-48-50-52-54-56-58-60-62-64-66-73(78)84-71(70-83-75(74(79)80)81-68-67-76(3,4)5)69-82-72(77)65-63-61-59-57-55-53-51-49-25-23-21-19-17-15-13-11-9-7-2/h8,10,14,16,20,22-23,25-27,29-30,32-33,35-36,38-39,41-42,44-45,71,75H,6-7,9,11-13,15,17-19,21,24,28,31,34,37,40,43,46-70H2,1-5H3/p+1/b10-8-,16-14-,22-20-,25-23-,27-26-,30-29-,33-32-,36-35-,39-38-,42-41-,45-44-. The number of quaternary nitrogens is 1. The molecule has 0 bridgehead atoms. The van der Waals surface area contributed by atoms with Crippen molar-refractivity contribution in [2.45, 2.75) is 277 Å². The first kappa shape index (κ1) is 79.4. The molecule has 1 N–H and O–H groups in total. The minimum atomic E-state index is -1.52. The van der Waals surface area contributed by atoms with E-state index in [1.54, 1.807) is 0 Å². The molecule has 0 rings (SSSR count). The summed E-state index contributed by atoms with van der Waals surface area (Å²) in [6, 6.07) is 0. The van der Waals surface area contributed by atoms with E-state index >= 15 is 0 Å². The maximum Gasteiger partial charge on any atom is 0.361 e. The number of carboxylic acid groups (broad SMARTS) is 1. The van der Waals surface area contributed by atoms with Crippen LogP contribution in [-0.4, -0.2) is 87.4 Å². The third kappa shape index (κ3) is 65.0. The number of nitrogens with zero attached hydrogens (tertiary/aromatic N) is 1. The van der Waals surface area contributed by atoms with Crippen LogP contribution < -0.4 is 0 Å². The van der Waals surface area contributed by atoms with Crippen molar-refractivity contribution in [3.8, 4) is 0 Å². The Balaban J connectivity index is 4.14. The Labute approximate surface area is 516 Å². The maximum atomic E-state index is 12.9. The molecule has 2 atom stereocenters. The number of carbonyl (C=O) groups excluding carboxylic acids is 2. The number of likely N-dealkylation sites (N-methyl/N-ethyl adjacent to an activating group) is 1. The van der Waals surface area contributed by atoms with Gasteiger partial charge in [0, 0.05) is 12.8 Å². The SMILES string of the molecule is CC/C=C\C/C=C\C/C=C\C/C=C\C/C=C\C/C=C\C/C=C\C/C=C\C/C=C\C/C=C\CCCCCCCCCCCCC(=O)OC(COC(=O)CCCCCCCCC/C=C\CCCCCCCCC)COC(OCC[N+](C)(C)C)C(=O)O. The normalized spacial score (nSPS) is 13.6. The van der Waals surface area contributed by atoms with Crippen LogP contribution >= 0.6 is 0 Å². The van der Waals surface area contributed by atoms with E-state index in [-0.39, 0.29) is 32.2 Å². The third-order valence-electron chi connectivity index (χ3n) is 14.1. The largest absolute Gasteiger partial charge is 0.477 e. The van der Waals surface area contributed by atoms with Crippen molar-refractivity contribution in [2.24, 2.45) is 0 Å². The molecular weight excluding hydrogens is 1040 g/mol. The van der Waals surface area contributed by atoms with Crippen molar-refractivity contribution >= 4 is 17.9 Å². The van der Waals surface area contributed by atoms with E-state index in [0.717, 1.165) is 116 Å². The van der Waals surface area contributed by atoms with Crippen LogP contribution in [0.1, 0.15) is 264 Å². The monoisotopic (exact) mass is 1170 g/mol. The summed E-state index contributed by atoms with van der Waals surface area (Å²) < 4.78 is 22.9. The van der Waals surface area contributed by atoms with Crippen LogP contribution in [0.5, 0.6) is 0 Å². The molecule has 0 aliphatic heterocycles. The van der Waals surface area contributed by atoms with Gasteiger partial charge in [-0.25, -0.2) is 4.79 Å². The number of hydrogen-bond donors (Lipinski definition) is 1. The van der Waals surface area contributed by atoms with E-state index < -0.39 is 24.3 Å². The number of unbranched alkanes of at least 4 members (excludes halogenated alkanes) is 24. The lowest BCUT2D eigenvalue weighted by Crippen LogP contribution is -2.40. The lowest BCUT2D eigenvalue weighted by atomic mass is 10.0. The summed E-state index contributed by atoms with van der Waals surface area (Å²) in [5.74, 6) is -2.02. The summed E-state index contributed by atoms with van der Waals surface area (Å²) in [4.78, 5) is 37.5. The molecule has 0 aromatic rings. The molecule has 2 unspecified atom stereocenters. The van der Waals surface area contributed by atoms with Crippen LogP contribution in [0.3, 0.4) is 0 Å². The highest BCUT2D eigenvalue weighted by molar-refractivity contribution is 5.71. The molecule has 0 saturated carbocycles. The Morgan fingerprint density at radius 1 is 0.369 bits per heavy atom. The average Bonchev–Trinajstić information content (AvgIpc) is 3.52. The van der Waals surface area contributed by atoms with Gasteiger partial charge in [-0.05, 0) is 116 Å². The minimum absolute atomic E-state index is 0.181. The topological polar surface area (TPSA) is 108 Å². The molecule has 0 saturated heterocycles. The van der Waals surface area contributed by atoms with E-state index in [1.165, 1.54) is 116 Å². The van der Waals surface area contributed by atoms with Gasteiger partial charge in [0.1, 0.15) is 13.2 Å². The number of aliphatic carboxylic acids is 1. The summed E-state index contributed by atoms with van der Waals surface area (Å²) in [5, 5.41) is 9.73. The summed E-state index contributed by atoms with van der Waals surface area (Å²) in [5.41, 5.74) is 0. The number of ether oxygens (including phenoxy) is 4. The van der Waals surface area contributed by atoms with Gasteiger partial charge in [0.15, 0.2) is 6.10 Å². The van der Waals surface area contributed by atoms with E-state index in [2.05, 4.69) is 148 Å². The Bertz CT molecular complexity index is 1840. The highest BCUT2D eigenvalue weighted by atomic mass is 16.7. The third-order valence-corrected chi connectivity index (χ3v) is 14.1. The smallest absolute Gasteiger partial charge is 0.361 e. The van der Waals surface area contributed by atoms with Crippen LogP contribution in [0.2, 0.25) is 0 Å². The van der Waals surface area contributed by atoms with Gasteiger partial charge in [-0.15, -0.1) is 0 Å². The second-order valence-electron chi connectivity index (χ2n) is 23.4. The summed E-state index contributed by atoms with van der Waals surface area (Å²) in [7, 11) is 5.97. The molecule has 0 amide bonds. The van der Waals surface area contributed by atoms with E-state index in [1.807, 2.05) is 21.1 Å². The Morgan fingerprint density at radius 2 is 0.679 bits per heavy atom. The van der Waals surface area contributed by atoms with Crippen LogP contribution in [-0.2, 0) is 33.3 Å². The summed E-state index contributed by atoms with van der Waals surface area (Å²) in [6.07, 6.45) is 89.8. The molecule has 478 valence electrons. The van der Waals surface area contributed by atoms with Crippen molar-refractivity contribution in [2.75, 3.05) is 47.5 Å². The summed E-state index contributed by atoms with van der Waals surface area (Å²) >= 11 is 0. The molecule has 0 heterocycles. The number of allylic oxidation sites excluding steroid dienone is 22. The van der Waals surface area contributed by atoms with Gasteiger partial charge in [-0.1, -0.05) is 270 Å². The van der Waals surface area contributed by atoms with Crippen LogP contribution in [0, 0.1) is 0 Å². The fraction of sp³-hybridized carbons (Fsp3) is 0.667. The van der Waals surface area contributed by atoms with E-state index in [4.69, 9.17) is 18.9 Å². The van der Waals surface area contributed by atoms with Gasteiger partial charge in [-0.3, -0.25) is 9.59 Å². The number of esters is 2. The molecule has 0 aliphatic rings. The van der Waals surface area contributed by atoms with Crippen LogP contribution in [0.25, 0.3) is 0 Å². The molecular formula is C75H126NO8+.